The van der Waals surface area contributed by atoms with E-state index in [1.54, 1.807) is 36.7 Å². The molecule has 0 aliphatic carbocycles. The third kappa shape index (κ3) is 4.88. The highest BCUT2D eigenvalue weighted by atomic mass is 32.2. The van der Waals surface area contributed by atoms with Crippen molar-refractivity contribution in [3.63, 3.8) is 0 Å². The van der Waals surface area contributed by atoms with Crippen molar-refractivity contribution in [3.05, 3.63) is 54.4 Å². The van der Waals surface area contributed by atoms with Crippen molar-refractivity contribution in [2.45, 2.75) is 31.2 Å². The molecule has 1 aliphatic heterocycles. The number of nitrogens with one attached hydrogen (secondary N) is 1. The van der Waals surface area contributed by atoms with Crippen LogP contribution < -0.4 is 10.1 Å². The van der Waals surface area contributed by atoms with E-state index in [0.717, 1.165) is 5.56 Å². The van der Waals surface area contributed by atoms with E-state index in [0.29, 0.717) is 38.3 Å². The molecule has 150 valence electrons. The lowest BCUT2D eigenvalue weighted by atomic mass is 9.99. The van der Waals surface area contributed by atoms with E-state index in [-0.39, 0.29) is 23.3 Å². The van der Waals surface area contributed by atoms with E-state index in [1.165, 1.54) is 4.31 Å². The summed E-state index contributed by atoms with van der Waals surface area (Å²) in [6.07, 6.45) is 4.70. The van der Waals surface area contributed by atoms with Gasteiger partial charge in [-0.25, -0.2) is 8.42 Å². The van der Waals surface area contributed by atoms with Crippen LogP contribution in [0.2, 0.25) is 0 Å². The number of carbonyl (C=O) groups excluding carboxylic acids is 1. The van der Waals surface area contributed by atoms with Gasteiger partial charge in [0.25, 0.3) is 0 Å². The average molecular weight is 404 g/mol. The summed E-state index contributed by atoms with van der Waals surface area (Å²) >= 11 is 0. The second-order valence-electron chi connectivity index (χ2n) is 6.69. The third-order valence-electron chi connectivity index (χ3n) is 4.72. The summed E-state index contributed by atoms with van der Waals surface area (Å²) in [6.45, 7) is 3.39. The number of aromatic nitrogens is 1. The number of sulfonamides is 1. The number of piperidine rings is 1. The Morgan fingerprint density at radius 1 is 1.29 bits per heavy atom. The number of hydrogen-bond donors (Lipinski definition) is 1. The van der Waals surface area contributed by atoms with Gasteiger partial charge in [0.15, 0.2) is 0 Å². The average Bonchev–Trinajstić information content (AvgIpc) is 2.73. The van der Waals surface area contributed by atoms with Gasteiger partial charge in [-0.15, -0.1) is 0 Å². The van der Waals surface area contributed by atoms with Gasteiger partial charge in [0.05, 0.1) is 17.4 Å². The maximum atomic E-state index is 12.9. The van der Waals surface area contributed by atoms with Crippen LogP contribution in [0.25, 0.3) is 0 Å². The van der Waals surface area contributed by atoms with E-state index >= 15 is 0 Å². The highest BCUT2D eigenvalue weighted by molar-refractivity contribution is 7.89. The lowest BCUT2D eigenvalue weighted by Gasteiger charge is -2.31. The van der Waals surface area contributed by atoms with Crippen molar-refractivity contribution in [2.75, 3.05) is 19.7 Å². The minimum absolute atomic E-state index is 0.129. The molecule has 1 fully saturated rings. The predicted molar refractivity (Wildman–Crippen MR) is 105 cm³/mol. The molecule has 0 saturated carbocycles. The van der Waals surface area contributed by atoms with E-state index in [1.807, 2.05) is 19.1 Å². The molecule has 2 aromatic rings. The SMILES string of the molecule is CCOc1ccc(S(=O)(=O)N2CCC[C@@H](C(=O)NCc3cccnc3)C2)cc1. The van der Waals surface area contributed by atoms with E-state index in [4.69, 9.17) is 4.74 Å². The van der Waals surface area contributed by atoms with E-state index in [9.17, 15) is 13.2 Å². The molecule has 1 aliphatic rings. The molecule has 28 heavy (non-hydrogen) atoms. The Balaban J connectivity index is 1.63. The zero-order chi connectivity index (χ0) is 20.0. The molecule has 0 unspecified atom stereocenters. The summed E-state index contributed by atoms with van der Waals surface area (Å²) in [5.74, 6) is 0.145. The summed E-state index contributed by atoms with van der Waals surface area (Å²) in [5.41, 5.74) is 0.908. The van der Waals surface area contributed by atoms with Crippen LogP contribution in [-0.2, 0) is 21.4 Å². The van der Waals surface area contributed by atoms with Gasteiger partial charge in [0.2, 0.25) is 15.9 Å². The first-order valence-corrected chi connectivity index (χ1v) is 10.8. The summed E-state index contributed by atoms with van der Waals surface area (Å²) in [5, 5.41) is 2.88. The van der Waals surface area contributed by atoms with Crippen LogP contribution in [0.15, 0.2) is 53.7 Å². The van der Waals surface area contributed by atoms with Crippen molar-refractivity contribution in [1.29, 1.82) is 0 Å². The van der Waals surface area contributed by atoms with Crippen LogP contribution in [0.5, 0.6) is 5.75 Å². The quantitative estimate of drug-likeness (QED) is 0.766. The molecule has 0 radical (unpaired) electrons. The van der Waals surface area contributed by atoms with Gasteiger partial charge in [-0.1, -0.05) is 6.07 Å². The Labute approximate surface area is 165 Å². The summed E-state index contributed by atoms with van der Waals surface area (Å²) in [7, 11) is -3.64. The third-order valence-corrected chi connectivity index (χ3v) is 6.60. The van der Waals surface area contributed by atoms with Crippen molar-refractivity contribution in [2.24, 2.45) is 5.92 Å². The number of hydrogen-bond acceptors (Lipinski definition) is 5. The minimum Gasteiger partial charge on any atom is -0.494 e. The predicted octanol–water partition coefficient (Wildman–Crippen LogP) is 2.20. The number of nitrogens with zero attached hydrogens (tertiary/aromatic N) is 2. The molecule has 1 saturated heterocycles. The van der Waals surface area contributed by atoms with Gasteiger partial charge >= 0.3 is 0 Å². The van der Waals surface area contributed by atoms with E-state index < -0.39 is 10.0 Å². The molecule has 8 heteroatoms. The number of benzene rings is 1. The second kappa shape index (κ2) is 9.16. The minimum atomic E-state index is -3.64. The highest BCUT2D eigenvalue weighted by Crippen LogP contribution is 2.25. The largest absolute Gasteiger partial charge is 0.494 e. The fourth-order valence-corrected chi connectivity index (χ4v) is 4.76. The molecule has 1 N–H and O–H groups in total. The number of ether oxygens (including phenoxy) is 1. The lowest BCUT2D eigenvalue weighted by molar-refractivity contribution is -0.126. The molecule has 7 nitrogen and oxygen atoms in total. The second-order valence-corrected chi connectivity index (χ2v) is 8.62. The fraction of sp³-hybridized carbons (Fsp3) is 0.400. The van der Waals surface area contributed by atoms with Gasteiger partial charge in [-0.2, -0.15) is 4.31 Å². The maximum Gasteiger partial charge on any atom is 0.243 e. The van der Waals surface area contributed by atoms with Crippen molar-refractivity contribution in [1.82, 2.24) is 14.6 Å². The molecule has 3 rings (SSSR count). The Kier molecular flexibility index (Phi) is 6.64. The van der Waals surface area contributed by atoms with Crippen LogP contribution in [0.1, 0.15) is 25.3 Å². The Hall–Kier alpha value is -2.45. The first-order chi connectivity index (χ1) is 13.5. The Morgan fingerprint density at radius 2 is 2.07 bits per heavy atom. The van der Waals surface area contributed by atoms with Crippen LogP contribution in [-0.4, -0.2) is 43.3 Å². The molecular formula is C20H25N3O4S. The Morgan fingerprint density at radius 3 is 2.75 bits per heavy atom. The monoisotopic (exact) mass is 403 g/mol. The van der Waals surface area contributed by atoms with Crippen molar-refractivity contribution < 1.29 is 17.9 Å². The van der Waals surface area contributed by atoms with Crippen molar-refractivity contribution >= 4 is 15.9 Å². The number of carbonyl (C=O) groups is 1. The van der Waals surface area contributed by atoms with Crippen LogP contribution in [0.4, 0.5) is 0 Å². The van der Waals surface area contributed by atoms with Gasteiger partial charge < -0.3 is 10.1 Å². The zero-order valence-electron chi connectivity index (χ0n) is 15.9. The molecule has 0 spiro atoms. The van der Waals surface area contributed by atoms with E-state index in [2.05, 4.69) is 10.3 Å². The summed E-state index contributed by atoms with van der Waals surface area (Å²) in [4.78, 5) is 16.8. The highest BCUT2D eigenvalue weighted by Gasteiger charge is 2.33. The standard InChI is InChI=1S/C20H25N3O4S/c1-2-27-18-7-9-19(10-8-18)28(25,26)23-12-4-6-17(15-23)20(24)22-14-16-5-3-11-21-13-16/h3,5,7-11,13,17H,2,4,6,12,14-15H2,1H3,(H,22,24)/t17-/m1/s1. The van der Waals surface area contributed by atoms with Gasteiger partial charge in [-0.3, -0.25) is 9.78 Å². The first kappa shape index (κ1) is 20.3. The summed E-state index contributed by atoms with van der Waals surface area (Å²) < 4.78 is 32.7. The number of amides is 1. The zero-order valence-corrected chi connectivity index (χ0v) is 16.7. The van der Waals surface area contributed by atoms with Crippen LogP contribution >= 0.6 is 0 Å². The van der Waals surface area contributed by atoms with Crippen molar-refractivity contribution in [3.8, 4) is 5.75 Å². The summed E-state index contributed by atoms with van der Waals surface area (Å²) in [6, 6.07) is 10.1. The van der Waals surface area contributed by atoms with Gasteiger partial charge in [-0.05, 0) is 55.7 Å². The lowest BCUT2D eigenvalue weighted by Crippen LogP contribution is -2.45. The maximum absolute atomic E-state index is 12.9. The van der Waals surface area contributed by atoms with Gasteiger partial charge in [0, 0.05) is 32.0 Å². The molecule has 1 aromatic heterocycles. The molecule has 1 aromatic carbocycles. The molecule has 2 heterocycles. The molecule has 0 bridgehead atoms. The number of pyridine rings is 1. The number of rotatable bonds is 7. The molecular weight excluding hydrogens is 378 g/mol. The van der Waals surface area contributed by atoms with Crippen LogP contribution in [0, 0.1) is 5.92 Å². The smallest absolute Gasteiger partial charge is 0.243 e. The Bertz CT molecular complexity index is 885. The fourth-order valence-electron chi connectivity index (χ4n) is 3.23. The van der Waals surface area contributed by atoms with Gasteiger partial charge in [0.1, 0.15) is 5.75 Å². The first-order valence-electron chi connectivity index (χ1n) is 9.40. The molecule has 1 atom stereocenters. The molecule has 1 amide bonds. The normalized spacial score (nSPS) is 17.8. The topological polar surface area (TPSA) is 88.6 Å². The van der Waals surface area contributed by atoms with Crippen LogP contribution in [0.3, 0.4) is 0 Å².